The summed E-state index contributed by atoms with van der Waals surface area (Å²) >= 11 is 0. The van der Waals surface area contributed by atoms with Gasteiger partial charge in [0.2, 0.25) is 0 Å². The van der Waals surface area contributed by atoms with E-state index >= 15 is 0 Å². The number of amides is 1. The Hall–Kier alpha value is -2.01. The number of rotatable bonds is 3. The van der Waals surface area contributed by atoms with Crippen LogP contribution < -0.4 is 5.32 Å². The summed E-state index contributed by atoms with van der Waals surface area (Å²) in [6, 6.07) is 10.3. The molecule has 1 aromatic carbocycles. The van der Waals surface area contributed by atoms with Gasteiger partial charge in [-0.25, -0.2) is 4.79 Å². The van der Waals surface area contributed by atoms with E-state index in [-0.39, 0.29) is 6.09 Å². The van der Waals surface area contributed by atoms with Crippen LogP contribution in [0.4, 0.5) is 4.79 Å². The van der Waals surface area contributed by atoms with Gasteiger partial charge in [0.25, 0.3) is 0 Å². The van der Waals surface area contributed by atoms with E-state index in [4.69, 9.17) is 9.15 Å². The van der Waals surface area contributed by atoms with Gasteiger partial charge in [0.15, 0.2) is 0 Å². The van der Waals surface area contributed by atoms with Crippen molar-refractivity contribution in [1.82, 2.24) is 10.2 Å². The lowest BCUT2D eigenvalue weighted by molar-refractivity contribution is 0.00506. The maximum Gasteiger partial charge on any atom is 0.410 e. The highest BCUT2D eigenvalue weighted by Crippen LogP contribution is 2.20. The molecular weight excluding hydrogens is 280 g/mol. The Balaban J connectivity index is 1.45. The average molecular weight is 302 g/mol. The van der Waals surface area contributed by atoms with Crippen LogP contribution in [-0.2, 0) is 11.3 Å². The molecule has 0 radical (unpaired) electrons. The van der Waals surface area contributed by atoms with Crippen LogP contribution in [0.5, 0.6) is 0 Å². The second kappa shape index (κ2) is 5.65. The summed E-state index contributed by atoms with van der Waals surface area (Å²) in [5, 5.41) is 4.51. The number of nitrogens with one attached hydrogen (secondary N) is 1. The maximum atomic E-state index is 11.8. The van der Waals surface area contributed by atoms with Gasteiger partial charge in [0, 0.05) is 24.5 Å². The van der Waals surface area contributed by atoms with E-state index in [1.54, 1.807) is 4.90 Å². The number of carbonyl (C=O) groups is 1. The zero-order valence-corrected chi connectivity index (χ0v) is 13.3. The van der Waals surface area contributed by atoms with Crippen LogP contribution in [0.25, 0.3) is 11.0 Å². The molecule has 0 saturated carbocycles. The fourth-order valence-electron chi connectivity index (χ4n) is 2.45. The molecule has 0 spiro atoms. The second-order valence-corrected chi connectivity index (χ2v) is 6.71. The van der Waals surface area contributed by atoms with Crippen LogP contribution in [0.2, 0.25) is 0 Å². The topological polar surface area (TPSA) is 54.7 Å². The first-order valence-electron chi connectivity index (χ1n) is 7.59. The van der Waals surface area contributed by atoms with Crippen molar-refractivity contribution < 1.29 is 13.9 Å². The number of nitrogens with zero attached hydrogens (tertiary/aromatic N) is 1. The van der Waals surface area contributed by atoms with Crippen molar-refractivity contribution in [1.29, 1.82) is 0 Å². The molecule has 3 rings (SSSR count). The van der Waals surface area contributed by atoms with Crippen LogP contribution in [0.15, 0.2) is 34.7 Å². The van der Waals surface area contributed by atoms with Crippen LogP contribution in [0.3, 0.4) is 0 Å². The molecule has 22 heavy (non-hydrogen) atoms. The highest BCUT2D eigenvalue weighted by atomic mass is 16.6. The number of likely N-dealkylation sites (tertiary alicyclic amines) is 1. The van der Waals surface area contributed by atoms with Crippen molar-refractivity contribution >= 4 is 17.1 Å². The van der Waals surface area contributed by atoms with Gasteiger partial charge in [-0.05, 0) is 32.9 Å². The summed E-state index contributed by atoms with van der Waals surface area (Å²) < 4.78 is 11.1. The number of carbonyl (C=O) groups excluding carboxylic acids is 1. The predicted molar refractivity (Wildman–Crippen MR) is 84.6 cm³/mol. The molecule has 1 amide bonds. The SMILES string of the molecule is CC(C)(C)OC(=O)N1CC(NCc2cc3ccccc3o2)C1. The molecule has 1 saturated heterocycles. The third kappa shape index (κ3) is 3.42. The first kappa shape index (κ1) is 14.9. The number of furan rings is 1. The van der Waals surface area contributed by atoms with Crippen LogP contribution in [0, 0.1) is 0 Å². The minimum atomic E-state index is -0.441. The third-order valence-corrected chi connectivity index (χ3v) is 3.57. The highest BCUT2D eigenvalue weighted by molar-refractivity contribution is 5.77. The summed E-state index contributed by atoms with van der Waals surface area (Å²) in [5.74, 6) is 0.914. The van der Waals surface area contributed by atoms with E-state index in [1.807, 2.05) is 51.1 Å². The zero-order chi connectivity index (χ0) is 15.7. The molecule has 1 aromatic heterocycles. The van der Waals surface area contributed by atoms with E-state index in [2.05, 4.69) is 5.32 Å². The van der Waals surface area contributed by atoms with Gasteiger partial charge in [-0.3, -0.25) is 0 Å². The molecule has 1 aliphatic heterocycles. The Morgan fingerprint density at radius 2 is 2.09 bits per heavy atom. The normalized spacial score (nSPS) is 15.9. The second-order valence-electron chi connectivity index (χ2n) is 6.71. The number of para-hydroxylation sites is 1. The Morgan fingerprint density at radius 3 is 2.77 bits per heavy atom. The molecule has 118 valence electrons. The summed E-state index contributed by atoms with van der Waals surface area (Å²) in [4.78, 5) is 13.5. The van der Waals surface area contributed by atoms with Crippen LogP contribution >= 0.6 is 0 Å². The Labute approximate surface area is 130 Å². The van der Waals surface area contributed by atoms with E-state index < -0.39 is 5.60 Å². The average Bonchev–Trinajstić information content (AvgIpc) is 2.77. The number of hydrogen-bond donors (Lipinski definition) is 1. The Kier molecular flexibility index (Phi) is 3.83. The molecule has 1 fully saturated rings. The molecule has 5 heteroatoms. The van der Waals surface area contributed by atoms with Crippen molar-refractivity contribution in [3.63, 3.8) is 0 Å². The first-order chi connectivity index (χ1) is 10.4. The number of hydrogen-bond acceptors (Lipinski definition) is 4. The number of fused-ring (bicyclic) bond motifs is 1. The standard InChI is InChI=1S/C17H22N2O3/c1-17(2,3)22-16(20)19-10-13(11-19)18-9-14-8-12-6-4-5-7-15(12)21-14/h4-8,13,18H,9-11H2,1-3H3. The lowest BCUT2D eigenvalue weighted by atomic mass is 10.1. The molecule has 1 aliphatic rings. The summed E-state index contributed by atoms with van der Waals surface area (Å²) in [6.07, 6.45) is -0.241. The van der Waals surface area contributed by atoms with Gasteiger partial charge in [-0.1, -0.05) is 18.2 Å². The van der Waals surface area contributed by atoms with E-state index in [1.165, 1.54) is 0 Å². The molecule has 0 aliphatic carbocycles. The van der Waals surface area contributed by atoms with Gasteiger partial charge >= 0.3 is 6.09 Å². The first-order valence-corrected chi connectivity index (χ1v) is 7.59. The minimum Gasteiger partial charge on any atom is -0.460 e. The summed E-state index contributed by atoms with van der Waals surface area (Å²) in [6.45, 7) is 7.65. The molecule has 0 atom stereocenters. The molecule has 2 heterocycles. The third-order valence-electron chi connectivity index (χ3n) is 3.57. The minimum absolute atomic E-state index is 0.241. The van der Waals surface area contributed by atoms with Gasteiger partial charge in [0.1, 0.15) is 16.9 Å². The summed E-state index contributed by atoms with van der Waals surface area (Å²) in [5.41, 5.74) is 0.465. The van der Waals surface area contributed by atoms with Crippen LogP contribution in [0.1, 0.15) is 26.5 Å². The fourth-order valence-corrected chi connectivity index (χ4v) is 2.45. The van der Waals surface area contributed by atoms with E-state index in [0.29, 0.717) is 25.7 Å². The molecule has 0 unspecified atom stereocenters. The largest absolute Gasteiger partial charge is 0.460 e. The molecule has 2 aromatic rings. The number of benzene rings is 1. The fraction of sp³-hybridized carbons (Fsp3) is 0.471. The van der Waals surface area contributed by atoms with Gasteiger partial charge in [-0.15, -0.1) is 0 Å². The van der Waals surface area contributed by atoms with Crippen molar-refractivity contribution in [2.45, 2.75) is 39.0 Å². The Morgan fingerprint density at radius 1 is 1.36 bits per heavy atom. The molecule has 1 N–H and O–H groups in total. The molecule has 0 bridgehead atoms. The van der Waals surface area contributed by atoms with Gasteiger partial charge < -0.3 is 19.4 Å². The monoisotopic (exact) mass is 302 g/mol. The van der Waals surface area contributed by atoms with Gasteiger partial charge in [-0.2, -0.15) is 0 Å². The Bertz CT molecular complexity index is 633. The maximum absolute atomic E-state index is 11.8. The quantitative estimate of drug-likeness (QED) is 0.946. The zero-order valence-electron chi connectivity index (χ0n) is 13.3. The lowest BCUT2D eigenvalue weighted by Gasteiger charge is -2.40. The van der Waals surface area contributed by atoms with Crippen molar-refractivity contribution in [3.05, 3.63) is 36.1 Å². The van der Waals surface area contributed by atoms with Gasteiger partial charge in [0.05, 0.1) is 6.54 Å². The van der Waals surface area contributed by atoms with Crippen molar-refractivity contribution in [2.75, 3.05) is 13.1 Å². The number of ether oxygens (including phenoxy) is 1. The van der Waals surface area contributed by atoms with Crippen molar-refractivity contribution in [2.24, 2.45) is 0 Å². The molecular formula is C17H22N2O3. The lowest BCUT2D eigenvalue weighted by Crippen LogP contribution is -2.60. The van der Waals surface area contributed by atoms with E-state index in [9.17, 15) is 4.79 Å². The summed E-state index contributed by atoms with van der Waals surface area (Å²) in [7, 11) is 0. The smallest absolute Gasteiger partial charge is 0.410 e. The molecule has 5 nitrogen and oxygen atoms in total. The van der Waals surface area contributed by atoms with E-state index in [0.717, 1.165) is 16.7 Å². The predicted octanol–water partition coefficient (Wildman–Crippen LogP) is 3.14. The highest BCUT2D eigenvalue weighted by Gasteiger charge is 2.33. The van der Waals surface area contributed by atoms with Crippen LogP contribution in [-0.4, -0.2) is 35.7 Å². The van der Waals surface area contributed by atoms with Crippen molar-refractivity contribution in [3.8, 4) is 0 Å².